The number of hydrogen-bond donors (Lipinski definition) is 0. The maximum absolute atomic E-state index is 14.1. The Morgan fingerprint density at radius 2 is 1.41 bits per heavy atom. The predicted molar refractivity (Wildman–Crippen MR) is 137 cm³/mol. The fourth-order valence-electron chi connectivity index (χ4n) is 4.02. The van der Waals surface area contributed by atoms with Crippen molar-refractivity contribution in [3.63, 3.8) is 0 Å². The standard InChI is InChI=1S/C27H30NO8P/c1-3-34-37(32,35-4-2)36-27(24-18-12-7-13-19-24,26(29)33-21-22-14-8-5-9-15-22)25(20-28(30)31)23-16-10-6-11-17-23/h5-19,25H,3-4,20-21H2,1-2H3/t25-,27+/m0/s1. The molecule has 2 atom stereocenters. The van der Waals surface area contributed by atoms with E-state index in [4.69, 9.17) is 18.3 Å². The van der Waals surface area contributed by atoms with Crippen LogP contribution in [0.4, 0.5) is 0 Å². The van der Waals surface area contributed by atoms with Crippen LogP contribution in [0.25, 0.3) is 0 Å². The number of nitro groups is 1. The Bertz CT molecular complexity index is 1180. The molecule has 0 radical (unpaired) electrons. The van der Waals surface area contributed by atoms with Gasteiger partial charge in [-0.2, -0.15) is 0 Å². The van der Waals surface area contributed by atoms with Gasteiger partial charge in [-0.05, 0) is 30.5 Å². The number of rotatable bonds is 14. The van der Waals surface area contributed by atoms with Crippen molar-refractivity contribution >= 4 is 13.8 Å². The van der Waals surface area contributed by atoms with Crippen molar-refractivity contribution < 1.29 is 32.6 Å². The molecular weight excluding hydrogens is 497 g/mol. The Labute approximate surface area is 216 Å². The lowest BCUT2D eigenvalue weighted by Gasteiger charge is -2.38. The molecule has 0 heterocycles. The van der Waals surface area contributed by atoms with Crippen LogP contribution in [0.15, 0.2) is 91.0 Å². The van der Waals surface area contributed by atoms with Crippen LogP contribution in [0.1, 0.15) is 36.5 Å². The molecule has 3 aromatic rings. The first-order valence-corrected chi connectivity index (χ1v) is 13.3. The SMILES string of the molecule is CCOP(=O)(OCC)O[C@](C(=O)OCc1ccccc1)(c1ccccc1)[C@@H](C[N+](=O)[O-])c1ccccc1. The van der Waals surface area contributed by atoms with E-state index in [1.807, 2.05) is 6.07 Å². The van der Waals surface area contributed by atoms with Gasteiger partial charge in [-0.1, -0.05) is 91.0 Å². The summed E-state index contributed by atoms with van der Waals surface area (Å²) in [4.78, 5) is 25.5. The molecule has 196 valence electrons. The van der Waals surface area contributed by atoms with Gasteiger partial charge in [0.15, 0.2) is 0 Å². The van der Waals surface area contributed by atoms with Gasteiger partial charge in [0, 0.05) is 4.92 Å². The van der Waals surface area contributed by atoms with E-state index in [1.165, 1.54) is 0 Å². The molecule has 0 spiro atoms. The number of benzene rings is 3. The van der Waals surface area contributed by atoms with E-state index in [0.717, 1.165) is 0 Å². The second kappa shape index (κ2) is 13.3. The first kappa shape index (κ1) is 28.2. The van der Waals surface area contributed by atoms with Crippen molar-refractivity contribution in [3.05, 3.63) is 118 Å². The number of esters is 1. The van der Waals surface area contributed by atoms with Gasteiger partial charge in [-0.15, -0.1) is 0 Å². The lowest BCUT2D eigenvalue weighted by atomic mass is 9.77. The van der Waals surface area contributed by atoms with Crippen LogP contribution < -0.4 is 0 Å². The summed E-state index contributed by atoms with van der Waals surface area (Å²) >= 11 is 0. The zero-order chi connectivity index (χ0) is 26.7. The van der Waals surface area contributed by atoms with Crippen molar-refractivity contribution in [1.82, 2.24) is 0 Å². The summed E-state index contributed by atoms with van der Waals surface area (Å²) in [6, 6.07) is 25.5. The van der Waals surface area contributed by atoms with E-state index in [0.29, 0.717) is 11.1 Å². The molecule has 0 unspecified atom stereocenters. The molecule has 0 aliphatic heterocycles. The first-order valence-electron chi connectivity index (χ1n) is 11.9. The normalized spacial score (nSPS) is 13.9. The number of phosphoric ester groups is 1. The average molecular weight is 528 g/mol. The van der Waals surface area contributed by atoms with Gasteiger partial charge in [0.25, 0.3) is 0 Å². The number of carbonyl (C=O) groups is 1. The predicted octanol–water partition coefficient (Wildman–Crippen LogP) is 5.88. The third kappa shape index (κ3) is 7.11. The fraction of sp³-hybridized carbons (Fsp3) is 0.296. The van der Waals surface area contributed by atoms with Crippen LogP contribution in [0, 0.1) is 10.1 Å². The molecule has 0 saturated heterocycles. The molecular formula is C27H30NO8P. The Kier molecular flexibility index (Phi) is 10.1. The van der Waals surface area contributed by atoms with Crippen molar-refractivity contribution in [3.8, 4) is 0 Å². The number of phosphoric acid groups is 1. The lowest BCUT2D eigenvalue weighted by molar-refractivity contribution is -0.486. The van der Waals surface area contributed by atoms with E-state index in [-0.39, 0.29) is 25.4 Å². The highest BCUT2D eigenvalue weighted by Crippen LogP contribution is 2.58. The van der Waals surface area contributed by atoms with Crippen LogP contribution in [0.3, 0.4) is 0 Å². The fourth-order valence-corrected chi connectivity index (χ4v) is 5.49. The van der Waals surface area contributed by atoms with Crippen molar-refractivity contribution in [2.24, 2.45) is 0 Å². The third-order valence-corrected chi connectivity index (χ3v) is 7.23. The molecule has 0 aliphatic rings. The van der Waals surface area contributed by atoms with Gasteiger partial charge in [0.2, 0.25) is 12.1 Å². The van der Waals surface area contributed by atoms with E-state index in [1.54, 1.807) is 98.8 Å². The lowest BCUT2D eigenvalue weighted by Crippen LogP contribution is -2.47. The van der Waals surface area contributed by atoms with Crippen LogP contribution in [0.5, 0.6) is 0 Å². The minimum Gasteiger partial charge on any atom is -0.458 e. The van der Waals surface area contributed by atoms with E-state index >= 15 is 0 Å². The van der Waals surface area contributed by atoms with Crippen LogP contribution in [-0.2, 0) is 39.9 Å². The van der Waals surface area contributed by atoms with Gasteiger partial charge in [0.05, 0.1) is 19.1 Å². The largest absolute Gasteiger partial charge is 0.476 e. The monoisotopic (exact) mass is 527 g/mol. The average Bonchev–Trinajstić information content (AvgIpc) is 2.91. The second-order valence-electron chi connectivity index (χ2n) is 8.02. The summed E-state index contributed by atoms with van der Waals surface area (Å²) in [5, 5.41) is 11.9. The van der Waals surface area contributed by atoms with Crippen LogP contribution in [0.2, 0.25) is 0 Å². The summed E-state index contributed by atoms with van der Waals surface area (Å²) in [5.41, 5.74) is -0.923. The maximum atomic E-state index is 14.1. The number of carbonyl (C=O) groups excluding carboxylic acids is 1. The van der Waals surface area contributed by atoms with Crippen LogP contribution in [-0.4, -0.2) is 30.7 Å². The summed E-state index contributed by atoms with van der Waals surface area (Å²) in [6.45, 7) is 2.24. The highest BCUT2D eigenvalue weighted by atomic mass is 31.2. The first-order chi connectivity index (χ1) is 17.8. The summed E-state index contributed by atoms with van der Waals surface area (Å²) in [7, 11) is -4.40. The minimum absolute atomic E-state index is 0.0492. The van der Waals surface area contributed by atoms with Gasteiger partial charge in [-0.25, -0.2) is 9.36 Å². The molecule has 3 rings (SSSR count). The van der Waals surface area contributed by atoms with Gasteiger partial charge in [-0.3, -0.25) is 23.7 Å². The molecule has 0 fully saturated rings. The summed E-state index contributed by atoms with van der Waals surface area (Å²) < 4.78 is 36.3. The van der Waals surface area contributed by atoms with Gasteiger partial charge in [0.1, 0.15) is 6.61 Å². The van der Waals surface area contributed by atoms with Crippen molar-refractivity contribution in [2.75, 3.05) is 19.8 Å². The molecule has 37 heavy (non-hydrogen) atoms. The van der Waals surface area contributed by atoms with Gasteiger partial charge >= 0.3 is 13.8 Å². The Morgan fingerprint density at radius 1 is 0.892 bits per heavy atom. The van der Waals surface area contributed by atoms with Crippen molar-refractivity contribution in [1.29, 1.82) is 0 Å². The minimum atomic E-state index is -4.40. The third-order valence-electron chi connectivity index (χ3n) is 5.57. The number of ether oxygens (including phenoxy) is 1. The van der Waals surface area contributed by atoms with Gasteiger partial charge < -0.3 is 4.74 Å². The highest BCUT2D eigenvalue weighted by molar-refractivity contribution is 7.48. The summed E-state index contributed by atoms with van der Waals surface area (Å²) in [5.74, 6) is -2.21. The van der Waals surface area contributed by atoms with E-state index in [2.05, 4.69) is 0 Å². The number of nitrogens with zero attached hydrogens (tertiary/aromatic N) is 1. The Balaban J connectivity index is 2.25. The topological polar surface area (TPSA) is 114 Å². The molecule has 0 amide bonds. The smallest absolute Gasteiger partial charge is 0.458 e. The molecule has 3 aromatic carbocycles. The molecule has 0 bridgehead atoms. The Morgan fingerprint density at radius 3 is 1.92 bits per heavy atom. The van der Waals surface area contributed by atoms with Crippen molar-refractivity contribution in [2.45, 2.75) is 32.0 Å². The Hall–Kier alpha value is -3.36. The molecule has 0 N–H and O–H groups in total. The number of hydrogen-bond acceptors (Lipinski definition) is 8. The van der Waals surface area contributed by atoms with E-state index in [9.17, 15) is 19.5 Å². The highest BCUT2D eigenvalue weighted by Gasteiger charge is 2.57. The van der Waals surface area contributed by atoms with Crippen LogP contribution >= 0.6 is 7.82 Å². The maximum Gasteiger partial charge on any atom is 0.476 e. The van der Waals surface area contributed by atoms with E-state index < -0.39 is 36.8 Å². The molecule has 10 heteroatoms. The second-order valence-corrected chi connectivity index (χ2v) is 9.61. The molecule has 0 aromatic heterocycles. The zero-order valence-corrected chi connectivity index (χ0v) is 21.6. The zero-order valence-electron chi connectivity index (χ0n) is 20.7. The summed E-state index contributed by atoms with van der Waals surface area (Å²) in [6.07, 6.45) is 0. The quantitative estimate of drug-likeness (QED) is 0.110. The molecule has 9 nitrogen and oxygen atoms in total. The molecule has 0 saturated carbocycles. The molecule has 0 aliphatic carbocycles.